The summed E-state index contributed by atoms with van der Waals surface area (Å²) in [5.74, 6) is 1.12. The molecule has 3 nitrogen and oxygen atoms in total. The summed E-state index contributed by atoms with van der Waals surface area (Å²) in [5.41, 5.74) is 0. The molecule has 1 aromatic rings. The van der Waals surface area contributed by atoms with Crippen LogP contribution in [0.1, 0.15) is 24.7 Å². The van der Waals surface area contributed by atoms with Gasteiger partial charge >= 0.3 is 0 Å². The number of hydrogen-bond acceptors (Lipinski definition) is 2. The molecular weight excluding hydrogens is 265 g/mol. The Morgan fingerprint density at radius 2 is 2.58 bits per heavy atom. The predicted molar refractivity (Wildman–Crippen MR) is 55.9 cm³/mol. The van der Waals surface area contributed by atoms with Crippen molar-refractivity contribution in [2.75, 3.05) is 13.6 Å². The summed E-state index contributed by atoms with van der Waals surface area (Å²) < 4.78 is 1.13. The normalized spacial score (nSPS) is 25.0. The number of nitrogens with one attached hydrogen (secondary N) is 1. The maximum Gasteiger partial charge on any atom is 0.124 e. The molecule has 0 radical (unpaired) electrons. The molecule has 1 aliphatic heterocycles. The smallest absolute Gasteiger partial charge is 0.124 e. The first-order valence-corrected chi connectivity index (χ1v) is 5.26. The van der Waals surface area contributed by atoms with Gasteiger partial charge in [0.15, 0.2) is 0 Å². The van der Waals surface area contributed by atoms with Gasteiger partial charge in [-0.3, -0.25) is 4.90 Å². The lowest BCUT2D eigenvalue weighted by Crippen LogP contribution is -2.18. The molecule has 66 valence electrons. The van der Waals surface area contributed by atoms with Gasteiger partial charge in [0.05, 0.1) is 15.9 Å². The minimum absolute atomic E-state index is 0.522. The summed E-state index contributed by atoms with van der Waals surface area (Å²) in [6.45, 7) is 1.20. The van der Waals surface area contributed by atoms with Crippen LogP contribution in [-0.4, -0.2) is 28.5 Å². The van der Waals surface area contributed by atoms with Gasteiger partial charge in [0.1, 0.15) is 5.82 Å². The fraction of sp³-hybridized carbons (Fsp3) is 0.625. The van der Waals surface area contributed by atoms with Gasteiger partial charge in [0.2, 0.25) is 0 Å². The molecule has 0 saturated carbocycles. The number of H-pyrrole nitrogens is 1. The van der Waals surface area contributed by atoms with E-state index in [2.05, 4.69) is 44.5 Å². The molecule has 1 fully saturated rings. The molecule has 2 heterocycles. The molecule has 1 atom stereocenters. The molecule has 2 rings (SSSR count). The van der Waals surface area contributed by atoms with Crippen molar-refractivity contribution in [3.8, 4) is 0 Å². The minimum atomic E-state index is 0.522. The highest BCUT2D eigenvalue weighted by molar-refractivity contribution is 14.1. The Morgan fingerprint density at radius 1 is 1.75 bits per heavy atom. The Bertz CT molecular complexity index is 271. The molecular formula is C8H12IN3. The van der Waals surface area contributed by atoms with E-state index in [0.29, 0.717) is 6.04 Å². The van der Waals surface area contributed by atoms with Crippen LogP contribution in [0.15, 0.2) is 6.20 Å². The lowest BCUT2D eigenvalue weighted by molar-refractivity contribution is 0.307. The standard InChI is InChI=1S/C8H12IN3/c1-12-4-2-3-6(12)8-10-5-7(9)11-8/h5-6H,2-4H2,1H3,(H,10,11)/t6-/m0/s1. The van der Waals surface area contributed by atoms with Crippen molar-refractivity contribution in [2.24, 2.45) is 0 Å². The third-order valence-electron chi connectivity index (χ3n) is 2.40. The van der Waals surface area contributed by atoms with Gasteiger partial charge in [-0.15, -0.1) is 0 Å². The topological polar surface area (TPSA) is 31.9 Å². The van der Waals surface area contributed by atoms with Gasteiger partial charge in [-0.25, -0.2) is 4.98 Å². The Kier molecular flexibility index (Phi) is 2.36. The van der Waals surface area contributed by atoms with Crippen LogP contribution in [0.5, 0.6) is 0 Å². The second kappa shape index (κ2) is 3.33. The fourth-order valence-electron chi connectivity index (χ4n) is 1.74. The summed E-state index contributed by atoms with van der Waals surface area (Å²) in [5, 5.41) is 0. The maximum atomic E-state index is 4.34. The Balaban J connectivity index is 2.19. The molecule has 0 unspecified atom stereocenters. The summed E-state index contributed by atoms with van der Waals surface area (Å²) in [7, 11) is 2.16. The van der Waals surface area contributed by atoms with Gasteiger partial charge in [-0.05, 0) is 49.0 Å². The number of hydrogen-bond donors (Lipinski definition) is 1. The molecule has 0 spiro atoms. The summed E-state index contributed by atoms with van der Waals surface area (Å²) in [4.78, 5) is 9.98. The quantitative estimate of drug-likeness (QED) is 0.793. The number of halogens is 1. The van der Waals surface area contributed by atoms with Crippen LogP contribution in [0.3, 0.4) is 0 Å². The van der Waals surface area contributed by atoms with Crippen molar-refractivity contribution in [1.29, 1.82) is 0 Å². The van der Waals surface area contributed by atoms with Crippen LogP contribution >= 0.6 is 22.6 Å². The third-order valence-corrected chi connectivity index (χ3v) is 2.95. The summed E-state index contributed by atoms with van der Waals surface area (Å²) in [6, 6.07) is 0.522. The number of aromatic amines is 1. The van der Waals surface area contributed by atoms with E-state index in [9.17, 15) is 0 Å². The van der Waals surface area contributed by atoms with Gasteiger partial charge in [0.25, 0.3) is 0 Å². The van der Waals surface area contributed by atoms with Crippen LogP contribution in [0.4, 0.5) is 0 Å². The van der Waals surface area contributed by atoms with E-state index in [0.717, 1.165) is 9.53 Å². The van der Waals surface area contributed by atoms with E-state index >= 15 is 0 Å². The van der Waals surface area contributed by atoms with Crippen LogP contribution in [0.2, 0.25) is 0 Å². The molecule has 0 bridgehead atoms. The minimum Gasteiger partial charge on any atom is -0.336 e. The molecule has 1 aliphatic rings. The fourth-order valence-corrected chi connectivity index (χ4v) is 2.15. The molecule has 4 heteroatoms. The number of imidazole rings is 1. The zero-order valence-corrected chi connectivity index (χ0v) is 9.21. The molecule has 0 aliphatic carbocycles. The monoisotopic (exact) mass is 277 g/mol. The Labute approximate surface area is 85.7 Å². The van der Waals surface area contributed by atoms with E-state index in [1.54, 1.807) is 0 Å². The van der Waals surface area contributed by atoms with Gasteiger partial charge < -0.3 is 4.98 Å². The summed E-state index contributed by atoms with van der Waals surface area (Å²) >= 11 is 2.26. The Morgan fingerprint density at radius 3 is 3.08 bits per heavy atom. The van der Waals surface area contributed by atoms with E-state index < -0.39 is 0 Å². The highest BCUT2D eigenvalue weighted by atomic mass is 127. The molecule has 1 aromatic heterocycles. The van der Waals surface area contributed by atoms with E-state index in [1.165, 1.54) is 19.4 Å². The van der Waals surface area contributed by atoms with Crippen molar-refractivity contribution in [1.82, 2.24) is 14.9 Å². The number of aromatic nitrogens is 2. The molecule has 0 aromatic carbocycles. The second-order valence-corrected chi connectivity index (χ2v) is 4.42. The molecule has 12 heavy (non-hydrogen) atoms. The number of likely N-dealkylation sites (tertiary alicyclic amines) is 1. The van der Waals surface area contributed by atoms with Crippen molar-refractivity contribution in [2.45, 2.75) is 18.9 Å². The first-order chi connectivity index (χ1) is 5.77. The van der Waals surface area contributed by atoms with Gasteiger partial charge in [0, 0.05) is 0 Å². The van der Waals surface area contributed by atoms with Crippen LogP contribution in [-0.2, 0) is 0 Å². The van der Waals surface area contributed by atoms with Crippen molar-refractivity contribution >= 4 is 22.6 Å². The Hall–Kier alpha value is -0.100. The summed E-state index contributed by atoms with van der Waals surface area (Å²) in [6.07, 6.45) is 4.42. The number of rotatable bonds is 1. The first-order valence-electron chi connectivity index (χ1n) is 4.18. The molecule has 1 N–H and O–H groups in total. The van der Waals surface area contributed by atoms with E-state index in [4.69, 9.17) is 0 Å². The molecule has 1 saturated heterocycles. The second-order valence-electron chi connectivity index (χ2n) is 3.26. The highest BCUT2D eigenvalue weighted by Gasteiger charge is 2.24. The zero-order chi connectivity index (χ0) is 8.55. The number of nitrogens with zero attached hydrogens (tertiary/aromatic N) is 2. The van der Waals surface area contributed by atoms with Crippen molar-refractivity contribution in [3.63, 3.8) is 0 Å². The van der Waals surface area contributed by atoms with E-state index in [-0.39, 0.29) is 0 Å². The van der Waals surface area contributed by atoms with E-state index in [1.807, 2.05) is 6.20 Å². The predicted octanol–water partition coefficient (Wildman–Crippen LogP) is 1.78. The van der Waals surface area contributed by atoms with Crippen LogP contribution in [0.25, 0.3) is 0 Å². The lowest BCUT2D eigenvalue weighted by Gasteiger charge is -2.16. The maximum absolute atomic E-state index is 4.34. The zero-order valence-electron chi connectivity index (χ0n) is 7.05. The lowest BCUT2D eigenvalue weighted by atomic mass is 10.2. The molecule has 0 amide bonds. The van der Waals surface area contributed by atoms with Crippen LogP contribution in [0, 0.1) is 3.70 Å². The SMILES string of the molecule is CN1CCC[C@H]1c1ncc(I)[nH]1. The third kappa shape index (κ3) is 1.50. The van der Waals surface area contributed by atoms with Gasteiger partial charge in [-0.1, -0.05) is 0 Å². The van der Waals surface area contributed by atoms with Crippen molar-refractivity contribution in [3.05, 3.63) is 15.7 Å². The van der Waals surface area contributed by atoms with Crippen molar-refractivity contribution < 1.29 is 0 Å². The van der Waals surface area contributed by atoms with Gasteiger partial charge in [-0.2, -0.15) is 0 Å². The largest absolute Gasteiger partial charge is 0.336 e. The highest BCUT2D eigenvalue weighted by Crippen LogP contribution is 2.28. The average molecular weight is 277 g/mol. The van der Waals surface area contributed by atoms with Crippen LogP contribution < -0.4 is 0 Å². The average Bonchev–Trinajstić information content (AvgIpc) is 2.58. The first kappa shape index (κ1) is 8.50.